The number of nitrogens with zero attached hydrogens (tertiary/aromatic N) is 1. The SMILES string of the molecule is C=CN(/C=C\N)C1c2ccccc2OC1(C)C. The summed E-state index contributed by atoms with van der Waals surface area (Å²) in [7, 11) is 0. The Hall–Kier alpha value is -1.90. The van der Waals surface area contributed by atoms with Crippen LogP contribution in [0.1, 0.15) is 25.5 Å². The smallest absolute Gasteiger partial charge is 0.128 e. The highest BCUT2D eigenvalue weighted by atomic mass is 16.5. The van der Waals surface area contributed by atoms with Crippen LogP contribution >= 0.6 is 0 Å². The summed E-state index contributed by atoms with van der Waals surface area (Å²) >= 11 is 0. The number of para-hydroxylation sites is 1. The van der Waals surface area contributed by atoms with Gasteiger partial charge in [-0.1, -0.05) is 24.8 Å². The summed E-state index contributed by atoms with van der Waals surface area (Å²) in [6, 6.07) is 8.16. The monoisotopic (exact) mass is 230 g/mol. The van der Waals surface area contributed by atoms with Crippen molar-refractivity contribution in [1.29, 1.82) is 0 Å². The topological polar surface area (TPSA) is 38.5 Å². The largest absolute Gasteiger partial charge is 0.485 e. The fraction of sp³-hybridized carbons (Fsp3) is 0.286. The molecule has 0 saturated carbocycles. The fourth-order valence-electron chi connectivity index (χ4n) is 2.38. The van der Waals surface area contributed by atoms with Gasteiger partial charge in [0.1, 0.15) is 17.4 Å². The molecule has 0 saturated heterocycles. The maximum absolute atomic E-state index is 5.97. The van der Waals surface area contributed by atoms with Crippen LogP contribution in [0.25, 0.3) is 0 Å². The third-order valence-corrected chi connectivity index (χ3v) is 3.01. The molecule has 0 aliphatic carbocycles. The Balaban J connectivity index is 2.47. The van der Waals surface area contributed by atoms with Crippen LogP contribution in [0.5, 0.6) is 5.75 Å². The zero-order chi connectivity index (χ0) is 12.5. The fourth-order valence-corrected chi connectivity index (χ4v) is 2.38. The third kappa shape index (κ3) is 1.88. The van der Waals surface area contributed by atoms with Crippen molar-refractivity contribution in [2.75, 3.05) is 0 Å². The van der Waals surface area contributed by atoms with Gasteiger partial charge in [-0.3, -0.25) is 0 Å². The highest BCUT2D eigenvalue weighted by Gasteiger charge is 2.43. The zero-order valence-electron chi connectivity index (χ0n) is 10.3. The maximum Gasteiger partial charge on any atom is 0.128 e. The van der Waals surface area contributed by atoms with E-state index in [0.717, 1.165) is 11.3 Å². The summed E-state index contributed by atoms with van der Waals surface area (Å²) in [6.07, 6.45) is 5.09. The summed E-state index contributed by atoms with van der Waals surface area (Å²) in [5.41, 5.74) is 6.32. The molecule has 1 unspecified atom stereocenters. The van der Waals surface area contributed by atoms with Crippen LogP contribution in [0.4, 0.5) is 0 Å². The lowest BCUT2D eigenvalue weighted by atomic mass is 9.93. The Labute approximate surface area is 102 Å². The van der Waals surface area contributed by atoms with E-state index in [1.165, 1.54) is 6.20 Å². The van der Waals surface area contributed by atoms with Gasteiger partial charge in [-0.25, -0.2) is 0 Å². The minimum atomic E-state index is -0.308. The maximum atomic E-state index is 5.97. The van der Waals surface area contributed by atoms with Crippen molar-refractivity contribution in [2.24, 2.45) is 5.73 Å². The zero-order valence-corrected chi connectivity index (χ0v) is 10.3. The molecule has 1 aliphatic heterocycles. The van der Waals surface area contributed by atoms with E-state index in [4.69, 9.17) is 10.5 Å². The summed E-state index contributed by atoms with van der Waals surface area (Å²) in [5, 5.41) is 0. The molecule has 0 spiro atoms. The lowest BCUT2D eigenvalue weighted by Crippen LogP contribution is -2.37. The molecule has 1 heterocycles. The van der Waals surface area contributed by atoms with E-state index in [1.807, 2.05) is 29.3 Å². The van der Waals surface area contributed by atoms with Crippen molar-refractivity contribution < 1.29 is 4.74 Å². The van der Waals surface area contributed by atoms with Gasteiger partial charge in [0.15, 0.2) is 0 Å². The van der Waals surface area contributed by atoms with Gasteiger partial charge in [0.2, 0.25) is 0 Å². The molecule has 1 atom stereocenters. The molecular weight excluding hydrogens is 212 g/mol. The Morgan fingerprint density at radius 3 is 2.76 bits per heavy atom. The molecule has 2 rings (SSSR count). The number of rotatable bonds is 3. The summed E-state index contributed by atoms with van der Waals surface area (Å²) < 4.78 is 5.97. The van der Waals surface area contributed by atoms with E-state index in [0.29, 0.717) is 0 Å². The second-order valence-electron chi connectivity index (χ2n) is 4.62. The molecule has 0 aromatic heterocycles. The van der Waals surface area contributed by atoms with Crippen molar-refractivity contribution in [3.8, 4) is 5.75 Å². The van der Waals surface area contributed by atoms with Gasteiger partial charge in [0.25, 0.3) is 0 Å². The standard InChI is InChI=1S/C14H18N2O/c1-4-16(10-9-15)13-11-7-5-6-8-12(11)17-14(13,2)3/h4-10,13H,1,15H2,2-3H3/b10-9-. The van der Waals surface area contributed by atoms with E-state index in [9.17, 15) is 0 Å². The molecule has 0 amide bonds. The highest BCUT2D eigenvalue weighted by Crippen LogP contribution is 2.46. The first-order valence-electron chi connectivity index (χ1n) is 5.66. The van der Waals surface area contributed by atoms with Crippen LogP contribution < -0.4 is 10.5 Å². The first kappa shape index (κ1) is 11.6. The first-order valence-corrected chi connectivity index (χ1v) is 5.66. The molecule has 0 bridgehead atoms. The van der Waals surface area contributed by atoms with Crippen LogP contribution in [0.3, 0.4) is 0 Å². The van der Waals surface area contributed by atoms with Gasteiger partial charge in [-0.15, -0.1) is 0 Å². The molecule has 17 heavy (non-hydrogen) atoms. The molecule has 0 fully saturated rings. The highest BCUT2D eigenvalue weighted by molar-refractivity contribution is 5.42. The first-order chi connectivity index (χ1) is 8.10. The third-order valence-electron chi connectivity index (χ3n) is 3.01. The van der Waals surface area contributed by atoms with Crippen LogP contribution in [0.2, 0.25) is 0 Å². The molecule has 0 radical (unpaired) electrons. The molecule has 1 aliphatic rings. The lowest BCUT2D eigenvalue weighted by molar-refractivity contribution is 0.0671. The normalized spacial score (nSPS) is 20.9. The number of hydrogen-bond acceptors (Lipinski definition) is 3. The number of ether oxygens (including phenoxy) is 1. The van der Waals surface area contributed by atoms with E-state index in [1.54, 1.807) is 6.20 Å². The predicted octanol–water partition coefficient (Wildman–Crippen LogP) is 2.77. The Kier molecular flexibility index (Phi) is 2.84. The van der Waals surface area contributed by atoms with E-state index in [-0.39, 0.29) is 11.6 Å². The van der Waals surface area contributed by atoms with Crippen molar-refractivity contribution in [3.05, 3.63) is 55.0 Å². The number of benzene rings is 1. The minimum absolute atomic E-state index is 0.0935. The molecule has 1 aromatic carbocycles. The molecule has 2 N–H and O–H groups in total. The van der Waals surface area contributed by atoms with Crippen LogP contribution in [0.15, 0.2) is 49.4 Å². The van der Waals surface area contributed by atoms with Crippen LogP contribution in [-0.2, 0) is 0 Å². The van der Waals surface area contributed by atoms with Gasteiger partial charge in [-0.2, -0.15) is 0 Å². The van der Waals surface area contributed by atoms with Gasteiger partial charge in [0, 0.05) is 18.0 Å². The molecule has 3 nitrogen and oxygen atoms in total. The van der Waals surface area contributed by atoms with E-state index in [2.05, 4.69) is 26.5 Å². The minimum Gasteiger partial charge on any atom is -0.485 e. The molecule has 1 aromatic rings. The summed E-state index contributed by atoms with van der Waals surface area (Å²) in [5.74, 6) is 0.930. The van der Waals surface area contributed by atoms with Crippen molar-refractivity contribution >= 4 is 0 Å². The van der Waals surface area contributed by atoms with Crippen LogP contribution in [-0.4, -0.2) is 10.5 Å². The average Bonchev–Trinajstić information content (AvgIpc) is 2.56. The number of nitrogens with two attached hydrogens (primary N) is 1. The Bertz CT molecular complexity index is 451. The molecule has 90 valence electrons. The molecule has 3 heteroatoms. The summed E-state index contributed by atoms with van der Waals surface area (Å²) in [4.78, 5) is 1.98. The van der Waals surface area contributed by atoms with Gasteiger partial charge in [0.05, 0.1) is 0 Å². The average molecular weight is 230 g/mol. The second kappa shape index (κ2) is 4.17. The summed E-state index contributed by atoms with van der Waals surface area (Å²) in [6.45, 7) is 7.96. The van der Waals surface area contributed by atoms with E-state index >= 15 is 0 Å². The molecular formula is C14H18N2O. The Morgan fingerprint density at radius 1 is 1.41 bits per heavy atom. The number of hydrogen-bond donors (Lipinski definition) is 1. The van der Waals surface area contributed by atoms with E-state index < -0.39 is 0 Å². The van der Waals surface area contributed by atoms with Crippen LogP contribution in [0, 0.1) is 0 Å². The number of fused-ring (bicyclic) bond motifs is 1. The van der Waals surface area contributed by atoms with Gasteiger partial charge >= 0.3 is 0 Å². The van der Waals surface area contributed by atoms with Crippen molar-refractivity contribution in [1.82, 2.24) is 4.90 Å². The lowest BCUT2D eigenvalue weighted by Gasteiger charge is -2.33. The van der Waals surface area contributed by atoms with Gasteiger partial charge < -0.3 is 15.4 Å². The van der Waals surface area contributed by atoms with Crippen molar-refractivity contribution in [2.45, 2.75) is 25.5 Å². The van der Waals surface area contributed by atoms with Crippen molar-refractivity contribution in [3.63, 3.8) is 0 Å². The van der Waals surface area contributed by atoms with Gasteiger partial charge in [-0.05, 0) is 26.1 Å². The Morgan fingerprint density at radius 2 is 2.12 bits per heavy atom. The second-order valence-corrected chi connectivity index (χ2v) is 4.62. The quantitative estimate of drug-likeness (QED) is 0.867. The predicted molar refractivity (Wildman–Crippen MR) is 69.3 cm³/mol.